The van der Waals surface area contributed by atoms with Gasteiger partial charge in [0.25, 0.3) is 0 Å². The lowest BCUT2D eigenvalue weighted by molar-refractivity contribution is 0.159. The third-order valence-corrected chi connectivity index (χ3v) is 3.53. The van der Waals surface area contributed by atoms with E-state index in [1.165, 1.54) is 0 Å². The Morgan fingerprint density at radius 3 is 2.50 bits per heavy atom. The van der Waals surface area contributed by atoms with Gasteiger partial charge in [-0.25, -0.2) is 0 Å². The van der Waals surface area contributed by atoms with E-state index in [4.69, 9.17) is 5.26 Å². The summed E-state index contributed by atoms with van der Waals surface area (Å²) in [7, 11) is 4.03. The summed E-state index contributed by atoms with van der Waals surface area (Å²) in [6.45, 7) is 6.03. The molecule has 1 aromatic rings. The van der Waals surface area contributed by atoms with E-state index in [9.17, 15) is 0 Å². The molecule has 0 amide bonds. The predicted molar refractivity (Wildman–Crippen MR) is 71.5 cm³/mol. The Morgan fingerprint density at radius 1 is 1.28 bits per heavy atom. The molecule has 0 spiro atoms. The highest BCUT2D eigenvalue weighted by Gasteiger charge is 2.11. The molecule has 0 aliphatic carbocycles. The van der Waals surface area contributed by atoms with Gasteiger partial charge in [-0.2, -0.15) is 10.4 Å². The van der Waals surface area contributed by atoms with Gasteiger partial charge in [0.15, 0.2) is 0 Å². The number of nitrogens with zero attached hydrogens (tertiary/aromatic N) is 5. The van der Waals surface area contributed by atoms with Crippen molar-refractivity contribution in [3.63, 3.8) is 0 Å². The lowest BCUT2D eigenvalue weighted by atomic mass is 10.3. The van der Waals surface area contributed by atoms with Crippen molar-refractivity contribution in [2.45, 2.75) is 6.92 Å². The van der Waals surface area contributed by atoms with Gasteiger partial charge < -0.3 is 9.47 Å². The van der Waals surface area contributed by atoms with Crippen LogP contribution in [0.15, 0.2) is 11.2 Å². The fourth-order valence-electron chi connectivity index (χ4n) is 2.02. The van der Waals surface area contributed by atoms with Crippen molar-refractivity contribution in [2.24, 2.45) is 12.1 Å². The van der Waals surface area contributed by atoms with Gasteiger partial charge in [-0.1, -0.05) is 0 Å². The molecule has 0 aromatic carbocycles. The van der Waals surface area contributed by atoms with E-state index in [1.807, 2.05) is 30.8 Å². The van der Waals surface area contributed by atoms with Gasteiger partial charge in [0.05, 0.1) is 6.21 Å². The number of hydrogen-bond acceptors (Lipinski definition) is 4. The highest BCUT2D eigenvalue weighted by Crippen LogP contribution is 2.11. The van der Waals surface area contributed by atoms with E-state index < -0.39 is 0 Å². The quantitative estimate of drug-likeness (QED) is 0.724. The van der Waals surface area contributed by atoms with Crippen LogP contribution in [0.5, 0.6) is 0 Å². The molecule has 5 heteroatoms. The van der Waals surface area contributed by atoms with E-state index in [1.54, 1.807) is 0 Å². The minimum Gasteiger partial charge on any atom is -0.339 e. The highest BCUT2D eigenvalue weighted by atomic mass is 15.5. The van der Waals surface area contributed by atoms with E-state index in [0.29, 0.717) is 5.69 Å². The third kappa shape index (κ3) is 2.54. The summed E-state index contributed by atoms with van der Waals surface area (Å²) in [6, 6.07) is 4.07. The smallest absolute Gasteiger partial charge is 0.120 e. The zero-order valence-corrected chi connectivity index (χ0v) is 11.2. The number of hydrogen-bond donors (Lipinski definition) is 0. The van der Waals surface area contributed by atoms with Gasteiger partial charge in [0, 0.05) is 44.5 Å². The SMILES string of the molecule is Cc1c(/C=N\N2CCN(C)CC2)cc(C#N)n1C. The first kappa shape index (κ1) is 12.7. The average molecular weight is 245 g/mol. The van der Waals surface area contributed by atoms with Crippen LogP contribution >= 0.6 is 0 Å². The van der Waals surface area contributed by atoms with E-state index in [2.05, 4.69) is 28.1 Å². The van der Waals surface area contributed by atoms with Crippen LogP contribution in [0, 0.1) is 18.3 Å². The molecule has 18 heavy (non-hydrogen) atoms. The topological polar surface area (TPSA) is 47.6 Å². The van der Waals surface area contributed by atoms with Crippen LogP contribution in [0.3, 0.4) is 0 Å². The first-order valence-corrected chi connectivity index (χ1v) is 6.15. The van der Waals surface area contributed by atoms with Crippen molar-refractivity contribution >= 4 is 6.21 Å². The Balaban J connectivity index is 2.08. The number of nitriles is 1. The van der Waals surface area contributed by atoms with Gasteiger partial charge in [-0.3, -0.25) is 5.01 Å². The summed E-state index contributed by atoms with van der Waals surface area (Å²) in [5, 5.41) is 15.5. The summed E-state index contributed by atoms with van der Waals surface area (Å²) in [5.74, 6) is 0. The summed E-state index contributed by atoms with van der Waals surface area (Å²) in [6.07, 6.45) is 1.86. The molecule has 0 saturated carbocycles. The fourth-order valence-corrected chi connectivity index (χ4v) is 2.02. The molecule has 0 unspecified atom stereocenters. The van der Waals surface area contributed by atoms with Crippen molar-refractivity contribution in [3.8, 4) is 6.07 Å². The summed E-state index contributed by atoms with van der Waals surface area (Å²) in [5.41, 5.74) is 2.77. The van der Waals surface area contributed by atoms with Gasteiger partial charge in [0.2, 0.25) is 0 Å². The second-order valence-electron chi connectivity index (χ2n) is 4.74. The molecule has 2 rings (SSSR count). The van der Waals surface area contributed by atoms with Crippen LogP contribution < -0.4 is 0 Å². The van der Waals surface area contributed by atoms with Crippen molar-refractivity contribution in [3.05, 3.63) is 23.0 Å². The number of piperazine rings is 1. The minimum atomic E-state index is 0.673. The molecule has 5 nitrogen and oxygen atoms in total. The van der Waals surface area contributed by atoms with Crippen molar-refractivity contribution < 1.29 is 0 Å². The van der Waals surface area contributed by atoms with Gasteiger partial charge in [-0.05, 0) is 20.0 Å². The lowest BCUT2D eigenvalue weighted by Gasteiger charge is -2.30. The van der Waals surface area contributed by atoms with Crippen LogP contribution in [-0.2, 0) is 7.05 Å². The van der Waals surface area contributed by atoms with Crippen LogP contribution in [0.25, 0.3) is 0 Å². The minimum absolute atomic E-state index is 0.673. The monoisotopic (exact) mass is 245 g/mol. The molecule has 0 bridgehead atoms. The van der Waals surface area contributed by atoms with Crippen LogP contribution in [0.1, 0.15) is 17.0 Å². The molecule has 0 N–H and O–H groups in total. The molecule has 96 valence electrons. The number of aromatic nitrogens is 1. The number of likely N-dealkylation sites (N-methyl/N-ethyl adjacent to an activating group) is 1. The Bertz CT molecular complexity index is 486. The molecule has 2 heterocycles. The van der Waals surface area contributed by atoms with Gasteiger partial charge in [0.1, 0.15) is 11.8 Å². The molecule has 1 fully saturated rings. The van der Waals surface area contributed by atoms with E-state index in [-0.39, 0.29) is 0 Å². The molecule has 1 aromatic heterocycles. The van der Waals surface area contributed by atoms with Crippen molar-refractivity contribution in [2.75, 3.05) is 33.2 Å². The average Bonchev–Trinajstić information content (AvgIpc) is 2.65. The Hall–Kier alpha value is -1.80. The molecule has 1 aliphatic heterocycles. The largest absolute Gasteiger partial charge is 0.339 e. The van der Waals surface area contributed by atoms with Crippen LogP contribution in [-0.4, -0.2) is 53.9 Å². The number of rotatable bonds is 2. The summed E-state index contributed by atoms with van der Waals surface area (Å²) in [4.78, 5) is 2.30. The van der Waals surface area contributed by atoms with Crippen LogP contribution in [0.4, 0.5) is 0 Å². The standard InChI is InChI=1S/C13H19N5/c1-11-12(8-13(9-14)17(11)3)10-15-18-6-4-16(2)5-7-18/h8,10H,4-7H2,1-3H3/b15-10-. The van der Waals surface area contributed by atoms with E-state index >= 15 is 0 Å². The zero-order valence-electron chi connectivity index (χ0n) is 11.2. The molecule has 0 atom stereocenters. The van der Waals surface area contributed by atoms with Crippen molar-refractivity contribution in [1.29, 1.82) is 5.26 Å². The van der Waals surface area contributed by atoms with Gasteiger partial charge in [-0.15, -0.1) is 0 Å². The van der Waals surface area contributed by atoms with Crippen LogP contribution in [0.2, 0.25) is 0 Å². The Kier molecular flexibility index (Phi) is 3.68. The maximum atomic E-state index is 8.97. The Morgan fingerprint density at radius 2 is 1.94 bits per heavy atom. The lowest BCUT2D eigenvalue weighted by Crippen LogP contribution is -2.41. The summed E-state index contributed by atoms with van der Waals surface area (Å²) < 4.78 is 1.89. The Labute approximate surface area is 108 Å². The second-order valence-corrected chi connectivity index (χ2v) is 4.74. The number of hydrazone groups is 1. The normalized spacial score (nSPS) is 17.3. The zero-order chi connectivity index (χ0) is 13.1. The van der Waals surface area contributed by atoms with Gasteiger partial charge >= 0.3 is 0 Å². The van der Waals surface area contributed by atoms with E-state index in [0.717, 1.165) is 37.4 Å². The second kappa shape index (κ2) is 5.23. The predicted octanol–water partition coefficient (Wildman–Crippen LogP) is 0.786. The molecular weight excluding hydrogens is 226 g/mol. The van der Waals surface area contributed by atoms with Crippen molar-refractivity contribution in [1.82, 2.24) is 14.5 Å². The fraction of sp³-hybridized carbons (Fsp3) is 0.538. The highest BCUT2D eigenvalue weighted by molar-refractivity contribution is 5.81. The first-order valence-electron chi connectivity index (χ1n) is 6.15. The molecule has 1 aliphatic rings. The third-order valence-electron chi connectivity index (χ3n) is 3.53. The maximum Gasteiger partial charge on any atom is 0.120 e. The maximum absolute atomic E-state index is 8.97. The summed E-state index contributed by atoms with van der Waals surface area (Å²) >= 11 is 0. The molecule has 1 saturated heterocycles. The first-order chi connectivity index (χ1) is 8.61. The molecular formula is C13H19N5. The molecule has 0 radical (unpaired) electrons.